The van der Waals surface area contributed by atoms with Crippen LogP contribution in [0.25, 0.3) is 11.1 Å². The van der Waals surface area contributed by atoms with Gasteiger partial charge in [0.15, 0.2) is 8.32 Å². The second-order valence-corrected chi connectivity index (χ2v) is 18.5. The lowest BCUT2D eigenvalue weighted by Gasteiger charge is -2.37. The second kappa shape index (κ2) is 13.9. The molecule has 0 spiro atoms. The van der Waals surface area contributed by atoms with Crippen molar-refractivity contribution < 1.29 is 18.3 Å². The third-order valence-electron chi connectivity index (χ3n) is 8.74. The highest BCUT2D eigenvalue weighted by Gasteiger charge is 2.38. The molecule has 3 rings (SSSR count). The van der Waals surface area contributed by atoms with Gasteiger partial charge in [0, 0.05) is 22.5 Å². The Hall–Kier alpha value is -2.41. The number of pyridine rings is 1. The van der Waals surface area contributed by atoms with E-state index in [0.29, 0.717) is 12.2 Å². The summed E-state index contributed by atoms with van der Waals surface area (Å²) in [6.45, 7) is 22.6. The van der Waals surface area contributed by atoms with E-state index in [2.05, 4.69) is 68.5 Å². The van der Waals surface area contributed by atoms with Crippen molar-refractivity contribution in [2.45, 2.75) is 124 Å². The van der Waals surface area contributed by atoms with Crippen molar-refractivity contribution in [1.29, 1.82) is 0 Å². The Morgan fingerprint density at radius 2 is 1.48 bits per heavy atom. The molecular formula is C36H51F2NO2Si. The number of hydrogen-bond donors (Lipinski definition) is 1. The quantitative estimate of drug-likeness (QED) is 0.167. The van der Waals surface area contributed by atoms with Gasteiger partial charge in [0.2, 0.25) is 0 Å². The molecule has 0 saturated carbocycles. The van der Waals surface area contributed by atoms with E-state index in [4.69, 9.17) is 9.41 Å². The third kappa shape index (κ3) is 7.75. The first-order chi connectivity index (χ1) is 19.6. The van der Waals surface area contributed by atoms with Crippen LogP contribution >= 0.6 is 0 Å². The smallest absolute Gasteiger partial charge is 0.192 e. The number of nitrogens with zero attached hydrogens (tertiary/aromatic N) is 1. The van der Waals surface area contributed by atoms with Gasteiger partial charge in [0.25, 0.3) is 0 Å². The van der Waals surface area contributed by atoms with Crippen LogP contribution in [0.5, 0.6) is 0 Å². The Balaban J connectivity index is 2.33. The van der Waals surface area contributed by atoms with E-state index in [0.717, 1.165) is 53.8 Å². The number of halogens is 2. The monoisotopic (exact) mass is 595 g/mol. The molecule has 230 valence electrons. The first kappa shape index (κ1) is 34.1. The summed E-state index contributed by atoms with van der Waals surface area (Å²) in [5.74, 6) is -0.529. The van der Waals surface area contributed by atoms with E-state index in [9.17, 15) is 9.50 Å². The average molecular weight is 596 g/mol. The molecule has 0 fully saturated rings. The number of aromatic nitrogens is 1. The summed E-state index contributed by atoms with van der Waals surface area (Å²) in [7, 11) is -2.10. The highest BCUT2D eigenvalue weighted by Crippen LogP contribution is 2.42. The lowest BCUT2D eigenvalue weighted by atomic mass is 9.84. The van der Waals surface area contributed by atoms with Crippen molar-refractivity contribution in [3.05, 3.63) is 87.7 Å². The predicted octanol–water partition coefficient (Wildman–Crippen LogP) is 10.6. The molecule has 1 aromatic heterocycles. The molecule has 0 aliphatic carbocycles. The molecule has 3 aromatic rings. The highest BCUT2D eigenvalue weighted by molar-refractivity contribution is 6.74. The highest BCUT2D eigenvalue weighted by atomic mass is 28.4. The zero-order valence-corrected chi connectivity index (χ0v) is 28.4. The molecule has 0 amide bonds. The molecule has 0 bridgehead atoms. The maximum Gasteiger partial charge on any atom is 0.192 e. The Morgan fingerprint density at radius 3 is 2.02 bits per heavy atom. The van der Waals surface area contributed by atoms with E-state index < -0.39 is 26.1 Å². The van der Waals surface area contributed by atoms with Gasteiger partial charge in [-0.1, -0.05) is 86.4 Å². The van der Waals surface area contributed by atoms with Gasteiger partial charge >= 0.3 is 0 Å². The average Bonchev–Trinajstić information content (AvgIpc) is 2.91. The lowest BCUT2D eigenvalue weighted by molar-refractivity contribution is 0.215. The Bertz CT molecular complexity index is 1340. The van der Waals surface area contributed by atoms with Crippen LogP contribution < -0.4 is 0 Å². The van der Waals surface area contributed by atoms with Crippen LogP contribution in [0, 0.1) is 11.6 Å². The zero-order valence-electron chi connectivity index (χ0n) is 27.4. The summed E-state index contributed by atoms with van der Waals surface area (Å²) in [4.78, 5) is 5.31. The van der Waals surface area contributed by atoms with Gasteiger partial charge in [-0.15, -0.1) is 0 Å². The molecule has 1 unspecified atom stereocenters. The molecule has 0 aliphatic heterocycles. The predicted molar refractivity (Wildman–Crippen MR) is 173 cm³/mol. The molecule has 0 saturated heterocycles. The van der Waals surface area contributed by atoms with Gasteiger partial charge < -0.3 is 9.53 Å². The molecular weight excluding hydrogens is 544 g/mol. The Kier molecular flexibility index (Phi) is 11.3. The largest absolute Gasteiger partial charge is 0.412 e. The summed E-state index contributed by atoms with van der Waals surface area (Å²) < 4.78 is 35.8. The van der Waals surface area contributed by atoms with Gasteiger partial charge in [0.05, 0.1) is 6.61 Å². The Labute approximate surface area is 253 Å². The minimum absolute atomic E-state index is 0.0444. The molecule has 0 aliphatic rings. The molecule has 0 radical (unpaired) electrons. The van der Waals surface area contributed by atoms with Gasteiger partial charge in [-0.05, 0) is 89.3 Å². The van der Waals surface area contributed by atoms with E-state index in [-0.39, 0.29) is 22.4 Å². The standard InChI is InChI=1S/C36H51F2NO2Si/c1-11-12-13-14-28-32(26-17-20-31(38)29(21-26)35(40)25-15-18-27(37)19-16-25)30(22-41-42(9,10)36(6,7)8)34(24(4)5)39-33(28)23(2)3/h15-21,23-24,35,40H,11-14,22H2,1-10H3. The number of aliphatic hydroxyl groups is 1. The first-order valence-corrected chi connectivity index (χ1v) is 18.4. The SMILES string of the molecule is CCCCCc1c(C(C)C)nc(C(C)C)c(CO[Si](C)(C)C(C)(C)C)c1-c1ccc(F)c(C(O)c2ccc(F)cc2)c1. The van der Waals surface area contributed by atoms with Crippen molar-refractivity contribution in [3.63, 3.8) is 0 Å². The van der Waals surface area contributed by atoms with Crippen molar-refractivity contribution in [3.8, 4) is 11.1 Å². The van der Waals surface area contributed by atoms with Crippen LogP contribution in [0.15, 0.2) is 42.5 Å². The fourth-order valence-electron chi connectivity index (χ4n) is 5.16. The molecule has 1 heterocycles. The zero-order chi connectivity index (χ0) is 31.4. The fourth-order valence-corrected chi connectivity index (χ4v) is 6.10. The molecule has 2 aromatic carbocycles. The summed E-state index contributed by atoms with van der Waals surface area (Å²) in [5, 5.41) is 11.3. The van der Waals surface area contributed by atoms with Crippen molar-refractivity contribution >= 4 is 8.32 Å². The number of benzene rings is 2. The van der Waals surface area contributed by atoms with Crippen LogP contribution in [0.4, 0.5) is 8.78 Å². The van der Waals surface area contributed by atoms with Gasteiger partial charge in [0.1, 0.15) is 17.7 Å². The van der Waals surface area contributed by atoms with Crippen LogP contribution in [0.2, 0.25) is 18.1 Å². The van der Waals surface area contributed by atoms with Crippen LogP contribution in [-0.2, 0) is 17.5 Å². The molecule has 6 heteroatoms. The first-order valence-electron chi connectivity index (χ1n) is 15.5. The summed E-state index contributed by atoms with van der Waals surface area (Å²) in [6, 6.07) is 10.6. The van der Waals surface area contributed by atoms with Crippen LogP contribution in [-0.4, -0.2) is 18.4 Å². The topological polar surface area (TPSA) is 42.4 Å². The van der Waals surface area contributed by atoms with Gasteiger partial charge in [-0.25, -0.2) is 8.78 Å². The maximum absolute atomic E-state index is 15.3. The van der Waals surface area contributed by atoms with E-state index in [1.807, 2.05) is 6.07 Å². The molecule has 42 heavy (non-hydrogen) atoms. The van der Waals surface area contributed by atoms with Crippen LogP contribution in [0.1, 0.15) is 126 Å². The van der Waals surface area contributed by atoms with Crippen molar-refractivity contribution in [2.24, 2.45) is 0 Å². The molecule has 1 N–H and O–H groups in total. The number of unbranched alkanes of at least 4 members (excludes halogenated alkanes) is 2. The van der Waals surface area contributed by atoms with Gasteiger partial charge in [-0.3, -0.25) is 4.98 Å². The maximum atomic E-state index is 15.3. The summed E-state index contributed by atoms with van der Waals surface area (Å²) in [5.41, 5.74) is 6.84. The molecule has 1 atom stereocenters. The minimum atomic E-state index is -2.10. The normalized spacial score (nSPS) is 13.3. The van der Waals surface area contributed by atoms with Crippen molar-refractivity contribution in [1.82, 2.24) is 4.98 Å². The van der Waals surface area contributed by atoms with E-state index in [1.54, 1.807) is 6.07 Å². The number of rotatable bonds is 12. The number of hydrogen-bond acceptors (Lipinski definition) is 3. The number of aliphatic hydroxyl groups excluding tert-OH is 1. The second-order valence-electron chi connectivity index (χ2n) is 13.7. The summed E-state index contributed by atoms with van der Waals surface area (Å²) in [6.07, 6.45) is 2.88. The van der Waals surface area contributed by atoms with Crippen LogP contribution in [0.3, 0.4) is 0 Å². The minimum Gasteiger partial charge on any atom is -0.412 e. The lowest BCUT2D eigenvalue weighted by Crippen LogP contribution is -2.40. The fraction of sp³-hybridized carbons (Fsp3) is 0.528. The molecule has 3 nitrogen and oxygen atoms in total. The van der Waals surface area contributed by atoms with E-state index in [1.165, 1.54) is 35.9 Å². The summed E-state index contributed by atoms with van der Waals surface area (Å²) >= 11 is 0. The third-order valence-corrected chi connectivity index (χ3v) is 13.2. The van der Waals surface area contributed by atoms with E-state index >= 15 is 4.39 Å². The Morgan fingerprint density at radius 1 is 0.881 bits per heavy atom. The van der Waals surface area contributed by atoms with Gasteiger partial charge in [-0.2, -0.15) is 0 Å². The van der Waals surface area contributed by atoms with Crippen molar-refractivity contribution in [2.75, 3.05) is 0 Å².